The van der Waals surface area contributed by atoms with E-state index in [1.165, 1.54) is 0 Å². The zero-order valence-corrected chi connectivity index (χ0v) is 7.68. The third-order valence-corrected chi connectivity index (χ3v) is 2.66. The Morgan fingerprint density at radius 3 is 3.08 bits per heavy atom. The summed E-state index contributed by atoms with van der Waals surface area (Å²) >= 11 is 0. The molecule has 66 valence electrons. The number of rotatable bonds is 2. The number of Topliss-reactive ketones (excluding diaryl/α,β-unsaturated/α-hetero) is 1. The van der Waals surface area contributed by atoms with Crippen LogP contribution in [0.4, 0.5) is 0 Å². The molecule has 12 heavy (non-hydrogen) atoms. The Bertz CT molecular complexity index is 200. The predicted molar refractivity (Wildman–Crippen MR) is 49.6 cm³/mol. The van der Waals surface area contributed by atoms with E-state index in [1.807, 2.05) is 0 Å². The summed E-state index contributed by atoms with van der Waals surface area (Å²) in [6.45, 7) is 2.22. The van der Waals surface area contributed by atoms with E-state index in [1.54, 1.807) is 0 Å². The van der Waals surface area contributed by atoms with Gasteiger partial charge in [0.15, 0.2) is 0 Å². The van der Waals surface area contributed by atoms with Crippen LogP contribution in [0.1, 0.15) is 39.0 Å². The molecule has 0 spiro atoms. The van der Waals surface area contributed by atoms with Crippen LogP contribution in [-0.2, 0) is 4.79 Å². The molecule has 0 aromatic carbocycles. The van der Waals surface area contributed by atoms with Gasteiger partial charge >= 0.3 is 0 Å². The highest BCUT2D eigenvalue weighted by Crippen LogP contribution is 2.28. The van der Waals surface area contributed by atoms with E-state index in [0.29, 0.717) is 11.7 Å². The van der Waals surface area contributed by atoms with Crippen molar-refractivity contribution in [2.75, 3.05) is 0 Å². The first-order chi connectivity index (χ1) is 5.74. The lowest BCUT2D eigenvalue weighted by molar-refractivity contribution is -0.125. The molecule has 1 aliphatic carbocycles. The Kier molecular flexibility index (Phi) is 3.34. The van der Waals surface area contributed by atoms with E-state index in [2.05, 4.69) is 12.8 Å². The molecule has 2 unspecified atom stereocenters. The second-order valence-electron chi connectivity index (χ2n) is 3.79. The Morgan fingerprint density at radius 1 is 1.67 bits per heavy atom. The summed E-state index contributed by atoms with van der Waals surface area (Å²) in [7, 11) is 0. The van der Waals surface area contributed by atoms with Crippen molar-refractivity contribution < 1.29 is 4.79 Å². The van der Waals surface area contributed by atoms with Crippen molar-refractivity contribution in [2.45, 2.75) is 39.0 Å². The first kappa shape index (κ1) is 9.32. The summed E-state index contributed by atoms with van der Waals surface area (Å²) in [5.74, 6) is 4.01. The van der Waals surface area contributed by atoms with Gasteiger partial charge in [-0.1, -0.05) is 6.92 Å². The average molecular weight is 164 g/mol. The van der Waals surface area contributed by atoms with Gasteiger partial charge in [0.05, 0.1) is 0 Å². The monoisotopic (exact) mass is 164 g/mol. The van der Waals surface area contributed by atoms with Crippen LogP contribution in [0.3, 0.4) is 0 Å². The van der Waals surface area contributed by atoms with Gasteiger partial charge < -0.3 is 0 Å². The minimum atomic E-state index is 0.268. The molecule has 1 nitrogen and oxygen atoms in total. The van der Waals surface area contributed by atoms with Crippen molar-refractivity contribution in [2.24, 2.45) is 11.8 Å². The van der Waals surface area contributed by atoms with Gasteiger partial charge in [0.1, 0.15) is 5.78 Å². The Labute approximate surface area is 74.5 Å². The van der Waals surface area contributed by atoms with Crippen LogP contribution in [0.5, 0.6) is 0 Å². The Hall–Kier alpha value is -0.770. The molecule has 0 aliphatic heterocycles. The fraction of sp³-hybridized carbons (Fsp3) is 0.727. The molecule has 0 saturated heterocycles. The fourth-order valence-electron chi connectivity index (χ4n) is 1.86. The number of carbonyl (C=O) groups excluding carboxylic acids is 1. The minimum Gasteiger partial charge on any atom is -0.299 e. The van der Waals surface area contributed by atoms with Crippen LogP contribution in [0.25, 0.3) is 0 Å². The van der Waals surface area contributed by atoms with Gasteiger partial charge in [-0.05, 0) is 25.2 Å². The van der Waals surface area contributed by atoms with E-state index in [-0.39, 0.29) is 5.92 Å². The van der Waals surface area contributed by atoms with Gasteiger partial charge in [0, 0.05) is 18.8 Å². The fourth-order valence-corrected chi connectivity index (χ4v) is 1.86. The third-order valence-electron chi connectivity index (χ3n) is 2.66. The maximum atomic E-state index is 11.4. The number of carbonyl (C=O) groups is 1. The van der Waals surface area contributed by atoms with Crippen molar-refractivity contribution in [3.8, 4) is 12.3 Å². The summed E-state index contributed by atoms with van der Waals surface area (Å²) in [4.78, 5) is 11.4. The van der Waals surface area contributed by atoms with Crippen LogP contribution >= 0.6 is 0 Å². The molecular formula is C11H16O. The first-order valence-corrected chi connectivity index (χ1v) is 4.70. The summed E-state index contributed by atoms with van der Waals surface area (Å²) in [5, 5.41) is 0. The lowest BCUT2D eigenvalue weighted by Crippen LogP contribution is -2.23. The van der Waals surface area contributed by atoms with Crippen LogP contribution in [0, 0.1) is 24.2 Å². The molecule has 1 heteroatoms. The summed E-state index contributed by atoms with van der Waals surface area (Å²) in [5.41, 5.74) is 0. The maximum absolute atomic E-state index is 11.4. The molecule has 1 rings (SSSR count). The van der Waals surface area contributed by atoms with Crippen LogP contribution in [0.2, 0.25) is 0 Å². The number of hydrogen-bond acceptors (Lipinski definition) is 1. The Morgan fingerprint density at radius 2 is 2.42 bits per heavy atom. The molecule has 0 radical (unpaired) electrons. The summed E-state index contributed by atoms with van der Waals surface area (Å²) in [6, 6.07) is 0. The van der Waals surface area contributed by atoms with Gasteiger partial charge in [-0.25, -0.2) is 0 Å². The molecule has 0 heterocycles. The van der Waals surface area contributed by atoms with Crippen LogP contribution in [0.15, 0.2) is 0 Å². The number of terminal acetylenes is 1. The van der Waals surface area contributed by atoms with Crippen molar-refractivity contribution in [1.29, 1.82) is 0 Å². The second kappa shape index (κ2) is 4.30. The van der Waals surface area contributed by atoms with E-state index < -0.39 is 0 Å². The van der Waals surface area contributed by atoms with E-state index in [9.17, 15) is 4.79 Å². The van der Waals surface area contributed by atoms with Gasteiger partial charge in [-0.3, -0.25) is 4.79 Å². The normalized spacial score (nSPS) is 29.8. The first-order valence-electron chi connectivity index (χ1n) is 4.70. The van der Waals surface area contributed by atoms with Gasteiger partial charge in [-0.2, -0.15) is 0 Å². The maximum Gasteiger partial charge on any atom is 0.136 e. The highest BCUT2D eigenvalue weighted by Gasteiger charge is 2.25. The molecule has 0 amide bonds. The molecule has 0 bridgehead atoms. The minimum absolute atomic E-state index is 0.268. The van der Waals surface area contributed by atoms with Crippen LogP contribution in [-0.4, -0.2) is 5.78 Å². The smallest absolute Gasteiger partial charge is 0.136 e. The highest BCUT2D eigenvalue weighted by atomic mass is 16.1. The standard InChI is InChI=1S/C11H16O/c1-3-4-5-10-8-9(2)6-7-11(10)12/h1,9-10H,4-8H2,2H3. The van der Waals surface area contributed by atoms with Crippen LogP contribution < -0.4 is 0 Å². The summed E-state index contributed by atoms with van der Waals surface area (Å²) < 4.78 is 0. The van der Waals surface area contributed by atoms with Crippen molar-refractivity contribution in [3.63, 3.8) is 0 Å². The quantitative estimate of drug-likeness (QED) is 0.573. The average Bonchev–Trinajstić information content (AvgIpc) is 2.07. The topological polar surface area (TPSA) is 17.1 Å². The van der Waals surface area contributed by atoms with E-state index in [4.69, 9.17) is 6.42 Å². The Balaban J connectivity index is 2.39. The molecule has 0 aromatic heterocycles. The predicted octanol–water partition coefficient (Wildman–Crippen LogP) is 2.41. The largest absolute Gasteiger partial charge is 0.299 e. The molecule has 1 fully saturated rings. The zero-order chi connectivity index (χ0) is 8.97. The van der Waals surface area contributed by atoms with E-state index >= 15 is 0 Å². The van der Waals surface area contributed by atoms with Gasteiger partial charge in [0.25, 0.3) is 0 Å². The zero-order valence-electron chi connectivity index (χ0n) is 7.68. The van der Waals surface area contributed by atoms with Crippen molar-refractivity contribution in [3.05, 3.63) is 0 Å². The van der Waals surface area contributed by atoms with E-state index in [0.717, 1.165) is 32.1 Å². The second-order valence-corrected chi connectivity index (χ2v) is 3.79. The highest BCUT2D eigenvalue weighted by molar-refractivity contribution is 5.81. The third kappa shape index (κ3) is 2.37. The molecule has 0 aromatic rings. The number of hydrogen-bond donors (Lipinski definition) is 0. The SMILES string of the molecule is C#CCCC1CC(C)CCC1=O. The molecular weight excluding hydrogens is 148 g/mol. The number of ketones is 1. The molecule has 1 saturated carbocycles. The summed E-state index contributed by atoms with van der Waals surface area (Å²) in [6.07, 6.45) is 9.73. The van der Waals surface area contributed by atoms with Gasteiger partial charge in [0.2, 0.25) is 0 Å². The van der Waals surface area contributed by atoms with Crippen molar-refractivity contribution in [1.82, 2.24) is 0 Å². The molecule has 1 aliphatic rings. The van der Waals surface area contributed by atoms with Gasteiger partial charge in [-0.15, -0.1) is 12.3 Å². The van der Waals surface area contributed by atoms with Crippen molar-refractivity contribution >= 4 is 5.78 Å². The molecule has 2 atom stereocenters. The lowest BCUT2D eigenvalue weighted by atomic mass is 9.79. The molecule has 0 N–H and O–H groups in total. The lowest BCUT2D eigenvalue weighted by Gasteiger charge is -2.24.